The highest BCUT2D eigenvalue weighted by atomic mass is 32.1. The van der Waals surface area contributed by atoms with E-state index in [0.29, 0.717) is 6.04 Å². The molecule has 1 aliphatic heterocycles. The molecular weight excluding hydrogens is 314 g/mol. The predicted molar refractivity (Wildman–Crippen MR) is 92.3 cm³/mol. The van der Waals surface area contributed by atoms with Gasteiger partial charge in [0.2, 0.25) is 0 Å². The summed E-state index contributed by atoms with van der Waals surface area (Å²) in [4.78, 5) is 12.1. The fraction of sp³-hybridized carbons (Fsp3) is 0.562. The van der Waals surface area contributed by atoms with Crippen LogP contribution < -0.4 is 0 Å². The minimum Gasteiger partial charge on any atom is -0.396 e. The van der Waals surface area contributed by atoms with Gasteiger partial charge in [-0.2, -0.15) is 0 Å². The zero-order valence-corrected chi connectivity index (χ0v) is 14.6. The smallest absolute Gasteiger partial charge is 0.0897 e. The second-order valence-electron chi connectivity index (χ2n) is 5.80. The minimum atomic E-state index is 0.263. The van der Waals surface area contributed by atoms with Gasteiger partial charge in [-0.25, -0.2) is 4.98 Å². The van der Waals surface area contributed by atoms with Crippen molar-refractivity contribution in [2.75, 3.05) is 26.2 Å². The van der Waals surface area contributed by atoms with Crippen LogP contribution in [0.25, 0.3) is 0 Å². The molecule has 0 radical (unpaired) electrons. The van der Waals surface area contributed by atoms with Crippen molar-refractivity contribution < 1.29 is 5.11 Å². The van der Waals surface area contributed by atoms with Crippen LogP contribution in [0.3, 0.4) is 0 Å². The Labute approximate surface area is 140 Å². The Balaban J connectivity index is 1.60. The molecule has 1 fully saturated rings. The molecule has 2 aromatic rings. The summed E-state index contributed by atoms with van der Waals surface area (Å²) in [5.41, 5.74) is 0. The highest BCUT2D eigenvalue weighted by Gasteiger charge is 2.27. The highest BCUT2D eigenvalue weighted by molar-refractivity contribution is 7.11. The summed E-state index contributed by atoms with van der Waals surface area (Å²) in [6.07, 6.45) is 2.85. The lowest BCUT2D eigenvalue weighted by Gasteiger charge is -2.41. The Morgan fingerprint density at radius 1 is 1.32 bits per heavy atom. The molecule has 22 heavy (non-hydrogen) atoms. The Morgan fingerprint density at radius 3 is 2.91 bits per heavy atom. The second-order valence-corrected chi connectivity index (χ2v) is 8.15. The second kappa shape index (κ2) is 7.66. The van der Waals surface area contributed by atoms with Crippen LogP contribution in [-0.2, 0) is 13.1 Å². The van der Waals surface area contributed by atoms with Crippen LogP contribution in [0.4, 0.5) is 0 Å². The number of aryl methyl sites for hydroxylation is 1. The van der Waals surface area contributed by atoms with Gasteiger partial charge < -0.3 is 5.11 Å². The molecule has 2 aromatic heterocycles. The molecule has 1 aliphatic rings. The number of rotatable bonds is 6. The van der Waals surface area contributed by atoms with Crippen molar-refractivity contribution in [3.05, 3.63) is 38.5 Å². The summed E-state index contributed by atoms with van der Waals surface area (Å²) in [6, 6.07) is 4.76. The third-order valence-corrected chi connectivity index (χ3v) is 5.90. The summed E-state index contributed by atoms with van der Waals surface area (Å²) in [5, 5.41) is 12.7. The first kappa shape index (κ1) is 16.1. The number of aromatic nitrogens is 1. The van der Waals surface area contributed by atoms with Crippen molar-refractivity contribution in [3.63, 3.8) is 0 Å². The predicted octanol–water partition coefficient (Wildman–Crippen LogP) is 2.58. The van der Waals surface area contributed by atoms with Crippen molar-refractivity contribution in [1.29, 1.82) is 0 Å². The van der Waals surface area contributed by atoms with Crippen LogP contribution in [-0.4, -0.2) is 52.2 Å². The summed E-state index contributed by atoms with van der Waals surface area (Å²) in [7, 11) is 0. The van der Waals surface area contributed by atoms with Crippen LogP contribution in [0.15, 0.2) is 23.7 Å². The van der Waals surface area contributed by atoms with Gasteiger partial charge in [-0.15, -0.1) is 22.7 Å². The van der Waals surface area contributed by atoms with E-state index in [1.807, 2.05) is 17.5 Å². The molecule has 120 valence electrons. The van der Waals surface area contributed by atoms with Gasteiger partial charge in [-0.1, -0.05) is 6.07 Å². The number of piperazine rings is 1. The molecule has 0 aliphatic carbocycles. The van der Waals surface area contributed by atoms with E-state index in [1.165, 1.54) is 9.75 Å². The zero-order valence-electron chi connectivity index (χ0n) is 12.9. The standard InChI is InChI=1S/C16H23N3OS2/c1-13-17-9-16(22-13)11-18-5-6-19(14(10-18)4-7-20)12-15-3-2-8-21-15/h2-3,8-9,14,20H,4-7,10-12H2,1H3/t14-/m1/s1. The normalized spacial score (nSPS) is 20.5. The third kappa shape index (κ3) is 4.14. The van der Waals surface area contributed by atoms with Crippen LogP contribution in [0, 0.1) is 6.92 Å². The topological polar surface area (TPSA) is 39.6 Å². The first-order valence-corrected chi connectivity index (χ1v) is 9.45. The van der Waals surface area contributed by atoms with Gasteiger partial charge in [0.25, 0.3) is 0 Å². The molecule has 1 N–H and O–H groups in total. The average Bonchev–Trinajstić information content (AvgIpc) is 3.14. The number of hydrogen-bond acceptors (Lipinski definition) is 6. The Morgan fingerprint density at radius 2 is 2.23 bits per heavy atom. The van der Waals surface area contributed by atoms with Gasteiger partial charge in [-0.3, -0.25) is 9.80 Å². The maximum Gasteiger partial charge on any atom is 0.0897 e. The van der Waals surface area contributed by atoms with Crippen molar-refractivity contribution >= 4 is 22.7 Å². The maximum absolute atomic E-state index is 9.39. The molecule has 1 saturated heterocycles. The molecule has 0 spiro atoms. The van der Waals surface area contributed by atoms with Crippen LogP contribution in [0.5, 0.6) is 0 Å². The lowest BCUT2D eigenvalue weighted by molar-refractivity contribution is 0.0511. The quantitative estimate of drug-likeness (QED) is 0.879. The number of thiazole rings is 1. The Kier molecular flexibility index (Phi) is 5.60. The van der Waals surface area contributed by atoms with E-state index < -0.39 is 0 Å². The summed E-state index contributed by atoms with van der Waals surface area (Å²) in [5.74, 6) is 0. The van der Waals surface area contributed by atoms with Crippen molar-refractivity contribution in [2.45, 2.75) is 32.5 Å². The van der Waals surface area contributed by atoms with Gasteiger partial charge in [0.1, 0.15) is 0 Å². The number of hydrogen-bond donors (Lipinski definition) is 1. The van der Waals surface area contributed by atoms with Crippen LogP contribution in [0.1, 0.15) is 21.2 Å². The Hall–Kier alpha value is -0.790. The van der Waals surface area contributed by atoms with Gasteiger partial charge in [0.05, 0.1) is 5.01 Å². The van der Waals surface area contributed by atoms with Crippen LogP contribution in [0.2, 0.25) is 0 Å². The maximum atomic E-state index is 9.39. The molecule has 3 rings (SSSR count). The minimum absolute atomic E-state index is 0.263. The van der Waals surface area contributed by atoms with E-state index >= 15 is 0 Å². The van der Waals surface area contributed by atoms with Gasteiger partial charge in [-0.05, 0) is 24.8 Å². The molecule has 0 bridgehead atoms. The number of aliphatic hydroxyl groups excluding tert-OH is 1. The van der Waals surface area contributed by atoms with Crippen LogP contribution >= 0.6 is 22.7 Å². The largest absolute Gasteiger partial charge is 0.396 e. The Bertz CT molecular complexity index is 570. The van der Waals surface area contributed by atoms with E-state index in [4.69, 9.17) is 0 Å². The molecule has 0 aromatic carbocycles. The fourth-order valence-corrected chi connectivity index (χ4v) is 4.60. The molecule has 0 saturated carbocycles. The monoisotopic (exact) mass is 337 g/mol. The van der Waals surface area contributed by atoms with E-state index in [0.717, 1.165) is 44.2 Å². The lowest BCUT2D eigenvalue weighted by atomic mass is 10.1. The molecule has 6 heteroatoms. The van der Waals surface area contributed by atoms with Crippen molar-refractivity contribution in [2.24, 2.45) is 0 Å². The zero-order chi connectivity index (χ0) is 15.4. The summed E-state index contributed by atoms with van der Waals surface area (Å²) < 4.78 is 0. The van der Waals surface area contributed by atoms with E-state index in [2.05, 4.69) is 39.2 Å². The van der Waals surface area contributed by atoms with E-state index in [1.54, 1.807) is 11.3 Å². The molecule has 1 atom stereocenters. The van der Waals surface area contributed by atoms with Gasteiger partial charge >= 0.3 is 0 Å². The lowest BCUT2D eigenvalue weighted by Crippen LogP contribution is -2.52. The third-order valence-electron chi connectivity index (χ3n) is 4.14. The highest BCUT2D eigenvalue weighted by Crippen LogP contribution is 2.21. The number of aliphatic hydroxyl groups is 1. The van der Waals surface area contributed by atoms with Gasteiger partial charge in [0, 0.05) is 61.3 Å². The SMILES string of the molecule is Cc1ncc(CN2CCN(Cc3cccs3)[C@H](CCO)C2)s1. The molecule has 4 nitrogen and oxygen atoms in total. The van der Waals surface area contributed by atoms with Crippen molar-refractivity contribution in [1.82, 2.24) is 14.8 Å². The van der Waals surface area contributed by atoms with E-state index in [-0.39, 0.29) is 6.61 Å². The first-order valence-electron chi connectivity index (χ1n) is 7.75. The number of nitrogens with zero attached hydrogens (tertiary/aromatic N) is 3. The van der Waals surface area contributed by atoms with Gasteiger partial charge in [0.15, 0.2) is 0 Å². The summed E-state index contributed by atoms with van der Waals surface area (Å²) >= 11 is 3.60. The average molecular weight is 338 g/mol. The molecule has 0 amide bonds. The first-order chi connectivity index (χ1) is 10.7. The fourth-order valence-electron chi connectivity index (χ4n) is 3.03. The summed E-state index contributed by atoms with van der Waals surface area (Å²) in [6.45, 7) is 7.50. The molecule has 3 heterocycles. The van der Waals surface area contributed by atoms with E-state index in [9.17, 15) is 5.11 Å². The molecule has 0 unspecified atom stereocenters. The molecular formula is C16H23N3OS2. The number of thiophene rings is 1. The van der Waals surface area contributed by atoms with Crippen molar-refractivity contribution in [3.8, 4) is 0 Å².